The third-order valence-corrected chi connectivity index (χ3v) is 3.09. The molecular weight excluding hydrogens is 284 g/mol. The van der Waals surface area contributed by atoms with Crippen LogP contribution in [0.1, 0.15) is 44.9 Å². The van der Waals surface area contributed by atoms with Gasteiger partial charge in [0.15, 0.2) is 0 Å². The van der Waals surface area contributed by atoms with Crippen molar-refractivity contribution in [3.05, 3.63) is 0 Å². The molecule has 0 amide bonds. The Labute approximate surface area is 126 Å². The molecule has 0 aromatic carbocycles. The molecule has 4 nitrogen and oxygen atoms in total. The lowest BCUT2D eigenvalue weighted by molar-refractivity contribution is -0.141. The molecule has 0 saturated heterocycles. The highest BCUT2D eigenvalue weighted by molar-refractivity contribution is 7.81. The zero-order chi connectivity index (χ0) is 14.3. The molecule has 0 spiro atoms. The molecule has 19 heavy (non-hydrogen) atoms. The Morgan fingerprint density at radius 2 is 0.947 bits per heavy atom. The molecular formula is C13H24O4S2. The van der Waals surface area contributed by atoms with Gasteiger partial charge in [0, 0.05) is 0 Å². The maximum absolute atomic E-state index is 10.8. The standard InChI is InChI=1S/C13H24O4S2/c14-12(10-18)16-8-6-4-2-1-3-5-7-9-17-13(15)11-19/h18-19H,1-11H2. The Bertz CT molecular complexity index is 223. The summed E-state index contributed by atoms with van der Waals surface area (Å²) in [6.45, 7) is 0.998. The quantitative estimate of drug-likeness (QED) is 0.331. The first-order valence-electron chi connectivity index (χ1n) is 6.73. The second-order valence-electron chi connectivity index (χ2n) is 4.23. The molecule has 0 aliphatic heterocycles. The van der Waals surface area contributed by atoms with E-state index in [4.69, 9.17) is 9.47 Å². The Hall–Kier alpha value is -0.360. The van der Waals surface area contributed by atoms with Crippen LogP contribution in [-0.4, -0.2) is 36.7 Å². The Balaban J connectivity index is 3.07. The van der Waals surface area contributed by atoms with Crippen LogP contribution in [0.4, 0.5) is 0 Å². The zero-order valence-corrected chi connectivity index (χ0v) is 13.1. The maximum atomic E-state index is 10.8. The van der Waals surface area contributed by atoms with Gasteiger partial charge in [0.1, 0.15) is 0 Å². The molecule has 6 heteroatoms. The number of hydrogen-bond acceptors (Lipinski definition) is 6. The topological polar surface area (TPSA) is 52.6 Å². The lowest BCUT2D eigenvalue weighted by Crippen LogP contribution is -2.06. The van der Waals surface area contributed by atoms with Crippen LogP contribution in [0.5, 0.6) is 0 Å². The summed E-state index contributed by atoms with van der Waals surface area (Å²) < 4.78 is 9.83. The van der Waals surface area contributed by atoms with Crippen LogP contribution in [0.15, 0.2) is 0 Å². The van der Waals surface area contributed by atoms with Crippen LogP contribution in [0, 0.1) is 0 Å². The summed E-state index contributed by atoms with van der Waals surface area (Å²) in [6, 6.07) is 0. The average Bonchev–Trinajstić information content (AvgIpc) is 2.43. The van der Waals surface area contributed by atoms with Crippen molar-refractivity contribution in [3.63, 3.8) is 0 Å². The van der Waals surface area contributed by atoms with Crippen molar-refractivity contribution >= 4 is 37.2 Å². The summed E-state index contributed by atoms with van der Waals surface area (Å²) in [4.78, 5) is 21.6. The first-order chi connectivity index (χ1) is 9.20. The van der Waals surface area contributed by atoms with E-state index in [-0.39, 0.29) is 23.4 Å². The predicted molar refractivity (Wildman–Crippen MR) is 81.9 cm³/mol. The lowest BCUT2D eigenvalue weighted by atomic mass is 10.1. The maximum Gasteiger partial charge on any atom is 0.315 e. The SMILES string of the molecule is O=C(CS)OCCCCCCCCCOC(=O)CS. The lowest BCUT2D eigenvalue weighted by Gasteiger charge is -2.04. The van der Waals surface area contributed by atoms with Gasteiger partial charge in [-0.05, 0) is 12.8 Å². The van der Waals surface area contributed by atoms with Crippen molar-refractivity contribution < 1.29 is 19.1 Å². The van der Waals surface area contributed by atoms with Crippen molar-refractivity contribution in [1.82, 2.24) is 0 Å². The number of esters is 2. The molecule has 0 aliphatic rings. The number of unbranched alkanes of at least 4 members (excludes halogenated alkanes) is 6. The third-order valence-electron chi connectivity index (χ3n) is 2.57. The molecule has 0 aromatic heterocycles. The fourth-order valence-corrected chi connectivity index (χ4v) is 1.73. The highest BCUT2D eigenvalue weighted by atomic mass is 32.1. The average molecular weight is 308 g/mol. The van der Waals surface area contributed by atoms with Gasteiger partial charge in [0.2, 0.25) is 0 Å². The van der Waals surface area contributed by atoms with Gasteiger partial charge in [-0.15, -0.1) is 0 Å². The van der Waals surface area contributed by atoms with Crippen molar-refractivity contribution in [2.45, 2.75) is 44.9 Å². The monoisotopic (exact) mass is 308 g/mol. The molecule has 0 aliphatic carbocycles. The molecule has 0 unspecified atom stereocenters. The molecule has 0 atom stereocenters. The van der Waals surface area contributed by atoms with E-state index in [1.807, 2.05) is 0 Å². The van der Waals surface area contributed by atoms with Gasteiger partial charge in [0.05, 0.1) is 24.7 Å². The zero-order valence-electron chi connectivity index (χ0n) is 11.3. The molecule has 0 radical (unpaired) electrons. The second kappa shape index (κ2) is 14.1. The van der Waals surface area contributed by atoms with Crippen LogP contribution in [-0.2, 0) is 19.1 Å². The van der Waals surface area contributed by atoms with Crippen molar-refractivity contribution in [2.24, 2.45) is 0 Å². The summed E-state index contributed by atoms with van der Waals surface area (Å²) in [7, 11) is 0. The smallest absolute Gasteiger partial charge is 0.315 e. The number of thiol groups is 2. The van der Waals surface area contributed by atoms with Gasteiger partial charge in [-0.2, -0.15) is 25.3 Å². The van der Waals surface area contributed by atoms with Crippen LogP contribution in [0.3, 0.4) is 0 Å². The van der Waals surface area contributed by atoms with Crippen molar-refractivity contribution in [1.29, 1.82) is 0 Å². The Morgan fingerprint density at radius 1 is 0.632 bits per heavy atom. The van der Waals surface area contributed by atoms with E-state index in [0.29, 0.717) is 13.2 Å². The fraction of sp³-hybridized carbons (Fsp3) is 0.846. The Kier molecular flexibility index (Phi) is 13.8. The molecule has 112 valence electrons. The number of carbonyl (C=O) groups is 2. The number of carbonyl (C=O) groups excluding carboxylic acids is 2. The minimum atomic E-state index is -0.251. The highest BCUT2D eigenvalue weighted by Gasteiger charge is 1.99. The normalized spacial score (nSPS) is 10.2. The van der Waals surface area contributed by atoms with Gasteiger partial charge in [0.25, 0.3) is 0 Å². The summed E-state index contributed by atoms with van der Waals surface area (Å²) in [5, 5.41) is 0. The predicted octanol–water partition coefficient (Wildman–Crippen LogP) is 2.66. The van der Waals surface area contributed by atoms with Crippen molar-refractivity contribution in [3.8, 4) is 0 Å². The molecule has 0 fully saturated rings. The van der Waals surface area contributed by atoms with E-state index >= 15 is 0 Å². The van der Waals surface area contributed by atoms with Gasteiger partial charge in [-0.1, -0.05) is 32.1 Å². The van der Waals surface area contributed by atoms with E-state index in [1.54, 1.807) is 0 Å². The second-order valence-corrected chi connectivity index (χ2v) is 4.86. The van der Waals surface area contributed by atoms with Gasteiger partial charge < -0.3 is 9.47 Å². The highest BCUT2D eigenvalue weighted by Crippen LogP contribution is 2.07. The molecule has 0 heterocycles. The minimum absolute atomic E-state index is 0.151. The first kappa shape index (κ1) is 18.6. The van der Waals surface area contributed by atoms with Crippen LogP contribution in [0.2, 0.25) is 0 Å². The van der Waals surface area contributed by atoms with Crippen molar-refractivity contribution in [2.75, 3.05) is 24.7 Å². The minimum Gasteiger partial charge on any atom is -0.465 e. The fourth-order valence-electron chi connectivity index (χ4n) is 1.55. The van der Waals surface area contributed by atoms with Gasteiger partial charge >= 0.3 is 11.9 Å². The molecule has 0 saturated carbocycles. The molecule has 0 rings (SSSR count). The number of hydrogen-bond donors (Lipinski definition) is 2. The van der Waals surface area contributed by atoms with Gasteiger partial charge in [-0.3, -0.25) is 9.59 Å². The number of rotatable bonds is 12. The summed E-state index contributed by atoms with van der Waals surface area (Å²) >= 11 is 7.65. The largest absolute Gasteiger partial charge is 0.465 e. The number of ether oxygens (including phenoxy) is 2. The van der Waals surface area contributed by atoms with Crippen LogP contribution in [0.25, 0.3) is 0 Å². The molecule has 0 N–H and O–H groups in total. The molecule has 0 aromatic rings. The Morgan fingerprint density at radius 3 is 1.26 bits per heavy atom. The van der Waals surface area contributed by atoms with Crippen LogP contribution < -0.4 is 0 Å². The molecule has 0 bridgehead atoms. The summed E-state index contributed by atoms with van der Waals surface area (Å²) in [5.74, 6) is -0.201. The summed E-state index contributed by atoms with van der Waals surface area (Å²) in [6.07, 6.45) is 7.45. The van der Waals surface area contributed by atoms with E-state index in [9.17, 15) is 9.59 Å². The summed E-state index contributed by atoms with van der Waals surface area (Å²) in [5.41, 5.74) is 0. The van der Waals surface area contributed by atoms with E-state index < -0.39 is 0 Å². The third kappa shape index (κ3) is 13.9. The van der Waals surface area contributed by atoms with Crippen LogP contribution >= 0.6 is 25.3 Å². The van der Waals surface area contributed by atoms with Gasteiger partial charge in [-0.25, -0.2) is 0 Å². The van der Waals surface area contributed by atoms with E-state index in [1.165, 1.54) is 6.42 Å². The first-order valence-corrected chi connectivity index (χ1v) is 8.00. The van der Waals surface area contributed by atoms with E-state index in [0.717, 1.165) is 38.5 Å². The van der Waals surface area contributed by atoms with E-state index in [2.05, 4.69) is 25.3 Å².